The van der Waals surface area contributed by atoms with Gasteiger partial charge in [0, 0.05) is 44.7 Å². The van der Waals surface area contributed by atoms with Gasteiger partial charge in [-0.1, -0.05) is 18.2 Å². The summed E-state index contributed by atoms with van der Waals surface area (Å²) in [6, 6.07) is 13.9. The van der Waals surface area contributed by atoms with Crippen LogP contribution in [0.1, 0.15) is 0 Å². The van der Waals surface area contributed by atoms with Gasteiger partial charge < -0.3 is 4.74 Å². The van der Waals surface area contributed by atoms with E-state index in [0.29, 0.717) is 11.5 Å². The number of nitrogens with zero attached hydrogens (tertiary/aromatic N) is 3. The van der Waals surface area contributed by atoms with Crippen LogP contribution in [-0.2, 0) is 10.0 Å². The summed E-state index contributed by atoms with van der Waals surface area (Å²) in [7, 11) is -2.15. The summed E-state index contributed by atoms with van der Waals surface area (Å²) >= 11 is 2.12. The van der Waals surface area contributed by atoms with Gasteiger partial charge in [-0.2, -0.15) is 0 Å². The molecule has 0 saturated heterocycles. The molecule has 0 fully saturated rings. The summed E-state index contributed by atoms with van der Waals surface area (Å²) in [6.07, 6.45) is 4.95. The molecule has 4 aromatic rings. The van der Waals surface area contributed by atoms with E-state index in [9.17, 15) is 8.42 Å². The van der Waals surface area contributed by atoms with Gasteiger partial charge >= 0.3 is 0 Å². The predicted octanol–water partition coefficient (Wildman–Crippen LogP) is 3.95. The number of halogens is 1. The third-order valence-electron chi connectivity index (χ3n) is 4.14. The Morgan fingerprint density at radius 2 is 1.74 bits per heavy atom. The predicted molar refractivity (Wildman–Crippen MR) is 111 cm³/mol. The van der Waals surface area contributed by atoms with Gasteiger partial charge in [-0.3, -0.25) is 0 Å². The highest BCUT2D eigenvalue weighted by molar-refractivity contribution is 14.1. The van der Waals surface area contributed by atoms with Crippen LogP contribution < -0.4 is 4.74 Å². The fourth-order valence-corrected chi connectivity index (χ4v) is 4.97. The van der Waals surface area contributed by atoms with Crippen LogP contribution in [0.2, 0.25) is 0 Å². The Morgan fingerprint density at radius 1 is 1.00 bits per heavy atom. The van der Waals surface area contributed by atoms with E-state index in [1.165, 1.54) is 3.97 Å². The minimum absolute atomic E-state index is 0.225. The molecule has 27 heavy (non-hydrogen) atoms. The van der Waals surface area contributed by atoms with Crippen LogP contribution in [0, 0.1) is 3.57 Å². The third kappa shape index (κ3) is 3.19. The first-order chi connectivity index (χ1) is 13.0. The molecular weight excluding hydrogens is 477 g/mol. The summed E-state index contributed by atoms with van der Waals surface area (Å²) in [4.78, 5) is 8.87. The van der Waals surface area contributed by atoms with Gasteiger partial charge in [-0.05, 0) is 46.9 Å². The average Bonchev–Trinajstić information content (AvgIpc) is 3.05. The number of hydrogen-bond acceptors (Lipinski definition) is 5. The first kappa shape index (κ1) is 17.9. The molecule has 0 unspecified atom stereocenters. The minimum atomic E-state index is -3.71. The number of fused-ring (bicyclic) bond motifs is 1. The number of ether oxygens (including phenoxy) is 1. The minimum Gasteiger partial charge on any atom is -0.481 e. The van der Waals surface area contributed by atoms with E-state index in [0.717, 1.165) is 20.1 Å². The van der Waals surface area contributed by atoms with Crippen LogP contribution in [0.4, 0.5) is 0 Å². The molecule has 6 nitrogen and oxygen atoms in total. The van der Waals surface area contributed by atoms with Gasteiger partial charge in [0.25, 0.3) is 10.0 Å². The Hall–Kier alpha value is -2.46. The lowest BCUT2D eigenvalue weighted by atomic mass is 10.1. The van der Waals surface area contributed by atoms with Crippen LogP contribution in [0.25, 0.3) is 22.2 Å². The second-order valence-corrected chi connectivity index (χ2v) is 8.75. The van der Waals surface area contributed by atoms with E-state index >= 15 is 0 Å². The molecule has 136 valence electrons. The molecule has 0 spiro atoms. The van der Waals surface area contributed by atoms with E-state index in [2.05, 4.69) is 32.6 Å². The van der Waals surface area contributed by atoms with E-state index in [1.54, 1.807) is 62.1 Å². The molecule has 0 N–H and O–H groups in total. The number of rotatable bonds is 4. The van der Waals surface area contributed by atoms with Crippen molar-refractivity contribution in [1.82, 2.24) is 13.9 Å². The topological polar surface area (TPSA) is 74.1 Å². The normalized spacial score (nSPS) is 11.6. The van der Waals surface area contributed by atoms with Crippen molar-refractivity contribution in [3.05, 3.63) is 70.7 Å². The second-order valence-electron chi connectivity index (χ2n) is 5.78. The molecule has 0 radical (unpaired) electrons. The van der Waals surface area contributed by atoms with Crippen LogP contribution in [0.3, 0.4) is 0 Å². The van der Waals surface area contributed by atoms with Gasteiger partial charge in [0.05, 0.1) is 12.0 Å². The van der Waals surface area contributed by atoms with Gasteiger partial charge in [-0.15, -0.1) is 0 Å². The maximum absolute atomic E-state index is 13.0. The van der Waals surface area contributed by atoms with Crippen molar-refractivity contribution in [2.45, 2.75) is 4.90 Å². The van der Waals surface area contributed by atoms with Crippen LogP contribution in [-0.4, -0.2) is 29.5 Å². The summed E-state index contributed by atoms with van der Waals surface area (Å²) in [6.45, 7) is 0. The summed E-state index contributed by atoms with van der Waals surface area (Å²) in [5.41, 5.74) is 2.12. The Labute approximate surface area is 170 Å². The molecule has 0 bridgehead atoms. The lowest BCUT2D eigenvalue weighted by molar-refractivity contribution is 0.398. The number of hydrogen-bond donors (Lipinski definition) is 0. The van der Waals surface area contributed by atoms with E-state index in [4.69, 9.17) is 4.74 Å². The molecule has 0 saturated carbocycles. The Kier molecular flexibility index (Phi) is 4.60. The van der Waals surface area contributed by atoms with Crippen LogP contribution >= 0.6 is 22.6 Å². The molecule has 4 rings (SSSR count). The smallest absolute Gasteiger partial charge is 0.269 e. The number of pyridine rings is 2. The number of methoxy groups -OCH3 is 1. The SMILES string of the molecule is COc1ccc(-c2cnc3c(c2)c(I)cn3S(=O)(=O)c2ccccc2)cn1. The maximum Gasteiger partial charge on any atom is 0.269 e. The van der Waals surface area contributed by atoms with Gasteiger partial charge in [-0.25, -0.2) is 22.4 Å². The molecule has 0 aliphatic carbocycles. The van der Waals surface area contributed by atoms with Gasteiger partial charge in [0.1, 0.15) is 0 Å². The van der Waals surface area contributed by atoms with E-state index in [-0.39, 0.29) is 4.90 Å². The molecule has 3 heterocycles. The first-order valence-corrected chi connectivity index (χ1v) is 10.5. The zero-order chi connectivity index (χ0) is 19.0. The highest BCUT2D eigenvalue weighted by Crippen LogP contribution is 2.29. The molecule has 0 amide bonds. The average molecular weight is 491 g/mol. The molecule has 8 heteroatoms. The molecule has 1 aromatic carbocycles. The second kappa shape index (κ2) is 6.93. The summed E-state index contributed by atoms with van der Waals surface area (Å²) in [5.74, 6) is 0.530. The van der Waals surface area contributed by atoms with Crippen molar-refractivity contribution in [3.63, 3.8) is 0 Å². The van der Waals surface area contributed by atoms with E-state index < -0.39 is 10.0 Å². The Balaban J connectivity index is 1.84. The van der Waals surface area contributed by atoms with Crippen LogP contribution in [0.5, 0.6) is 5.88 Å². The van der Waals surface area contributed by atoms with Crippen LogP contribution in [0.15, 0.2) is 72.0 Å². The molecule has 0 atom stereocenters. The van der Waals surface area contributed by atoms with Gasteiger partial charge in [0.2, 0.25) is 5.88 Å². The third-order valence-corrected chi connectivity index (χ3v) is 6.67. The van der Waals surface area contributed by atoms with Crippen molar-refractivity contribution >= 4 is 43.6 Å². The summed E-state index contributed by atoms with van der Waals surface area (Å²) < 4.78 is 33.1. The Bertz CT molecular complexity index is 1220. The Morgan fingerprint density at radius 3 is 2.41 bits per heavy atom. The van der Waals surface area contributed by atoms with Crippen molar-refractivity contribution in [1.29, 1.82) is 0 Å². The molecular formula is C19H14IN3O3S. The zero-order valence-corrected chi connectivity index (χ0v) is 17.2. The monoisotopic (exact) mass is 491 g/mol. The lowest BCUT2D eigenvalue weighted by Crippen LogP contribution is -2.12. The standard InChI is InChI=1S/C19H14IN3O3S/c1-26-18-8-7-13(10-21-18)14-9-16-17(20)12-23(19(16)22-11-14)27(24,25)15-5-3-2-4-6-15/h2-12H,1H3. The maximum atomic E-state index is 13.0. The fraction of sp³-hybridized carbons (Fsp3) is 0.0526. The fourth-order valence-electron chi connectivity index (χ4n) is 2.76. The lowest BCUT2D eigenvalue weighted by Gasteiger charge is -2.07. The van der Waals surface area contributed by atoms with E-state index in [1.807, 2.05) is 12.1 Å². The molecule has 0 aliphatic heterocycles. The number of aromatic nitrogens is 3. The molecule has 3 aromatic heterocycles. The number of benzene rings is 1. The van der Waals surface area contributed by atoms with Crippen molar-refractivity contribution in [2.75, 3.05) is 7.11 Å². The highest BCUT2D eigenvalue weighted by Gasteiger charge is 2.21. The molecule has 0 aliphatic rings. The summed E-state index contributed by atoms with van der Waals surface area (Å²) in [5, 5.41) is 0.767. The van der Waals surface area contributed by atoms with Gasteiger partial charge in [0.15, 0.2) is 5.65 Å². The largest absolute Gasteiger partial charge is 0.481 e. The van der Waals surface area contributed by atoms with Crippen molar-refractivity contribution in [3.8, 4) is 17.0 Å². The van der Waals surface area contributed by atoms with Crippen molar-refractivity contribution < 1.29 is 13.2 Å². The van der Waals surface area contributed by atoms with Crippen molar-refractivity contribution in [2.24, 2.45) is 0 Å². The zero-order valence-electron chi connectivity index (χ0n) is 14.2. The highest BCUT2D eigenvalue weighted by atomic mass is 127. The first-order valence-electron chi connectivity index (χ1n) is 7.98. The quantitative estimate of drug-likeness (QED) is 0.405.